The van der Waals surface area contributed by atoms with Gasteiger partial charge in [-0.2, -0.15) is 17.2 Å². The molecule has 0 bridgehead atoms. The van der Waals surface area contributed by atoms with E-state index in [4.69, 9.17) is 13.9 Å². The van der Waals surface area contributed by atoms with E-state index in [0.29, 0.717) is 24.3 Å². The van der Waals surface area contributed by atoms with Gasteiger partial charge >= 0.3 is 16.1 Å². The number of halogens is 4. The molecule has 2 aliphatic rings. The third kappa shape index (κ3) is 5.01. The maximum absolute atomic E-state index is 16.0. The van der Waals surface area contributed by atoms with E-state index in [1.807, 2.05) is 0 Å². The Morgan fingerprint density at radius 3 is 2.20 bits per heavy atom. The number of fused-ring (bicyclic) bond motifs is 2. The first-order chi connectivity index (χ1) is 21.2. The van der Waals surface area contributed by atoms with Gasteiger partial charge in [-0.15, -0.1) is 0 Å². The van der Waals surface area contributed by atoms with Crippen molar-refractivity contribution in [2.75, 3.05) is 14.2 Å². The molecule has 232 valence electrons. The molecule has 5 rings (SSSR count). The van der Waals surface area contributed by atoms with Crippen LogP contribution in [0.5, 0.6) is 17.2 Å². The SMILES string of the molecule is COc1cc([N+](=O)[O-])c(S(=O)(=O)Oc2c(F)cc3c(-c4ccccc4C(=O)O)c4cc(F)c(=O)c(F)c-4oc3c2F)cc1OC. The van der Waals surface area contributed by atoms with Crippen molar-refractivity contribution in [3.63, 3.8) is 0 Å². The first kappa shape index (κ1) is 30.7. The quantitative estimate of drug-likeness (QED) is 0.0738. The van der Waals surface area contributed by atoms with Crippen molar-refractivity contribution in [1.29, 1.82) is 0 Å². The molecule has 1 heterocycles. The Kier molecular flexibility index (Phi) is 7.58. The third-order valence-corrected chi connectivity index (χ3v) is 7.81. The number of aromatic carboxylic acids is 1. The average Bonchev–Trinajstić information content (AvgIpc) is 3.00. The van der Waals surface area contributed by atoms with Crippen LogP contribution in [0.3, 0.4) is 0 Å². The van der Waals surface area contributed by atoms with Crippen LogP contribution in [0.1, 0.15) is 10.4 Å². The van der Waals surface area contributed by atoms with Crippen molar-refractivity contribution < 1.29 is 58.9 Å². The second-order valence-electron chi connectivity index (χ2n) is 9.05. The van der Waals surface area contributed by atoms with E-state index in [0.717, 1.165) is 26.4 Å². The smallest absolute Gasteiger partial charge is 0.346 e. The predicted molar refractivity (Wildman–Crippen MR) is 145 cm³/mol. The van der Waals surface area contributed by atoms with Gasteiger partial charge in [0.05, 0.1) is 30.8 Å². The van der Waals surface area contributed by atoms with Gasteiger partial charge in [0.15, 0.2) is 39.4 Å². The minimum atomic E-state index is -5.45. The lowest BCUT2D eigenvalue weighted by molar-refractivity contribution is -0.388. The minimum absolute atomic E-state index is 0.262. The summed E-state index contributed by atoms with van der Waals surface area (Å²) >= 11 is 0. The first-order valence-electron chi connectivity index (χ1n) is 12.2. The molecule has 3 aromatic carbocycles. The monoisotopic (exact) mass is 649 g/mol. The van der Waals surface area contributed by atoms with Crippen LogP contribution in [-0.4, -0.2) is 38.6 Å². The molecule has 1 aliphatic heterocycles. The van der Waals surface area contributed by atoms with Crippen LogP contribution in [0.15, 0.2) is 62.6 Å². The molecule has 1 aliphatic carbocycles. The Balaban J connectivity index is 1.84. The molecular weight excluding hydrogens is 634 g/mol. The molecule has 0 spiro atoms. The largest absolute Gasteiger partial charge is 0.493 e. The summed E-state index contributed by atoms with van der Waals surface area (Å²) in [4.78, 5) is 33.3. The zero-order valence-corrected chi connectivity index (χ0v) is 23.3. The van der Waals surface area contributed by atoms with Crippen molar-refractivity contribution in [2.24, 2.45) is 0 Å². The van der Waals surface area contributed by atoms with Crippen LogP contribution in [-0.2, 0) is 10.1 Å². The Morgan fingerprint density at radius 2 is 1.58 bits per heavy atom. The standard InChI is InChI=1S/C28H15F4NO11S/c1-41-18-9-17(33(37)38)20(10-19(18)42-2)45(39,40)44-27-16(30)8-14-21(11-5-3-4-6-12(11)28(35)36)13-7-15(29)24(34)22(31)25(13)43-26(14)23(27)32/h3-10H,1-2H3,(H,35,36). The zero-order valence-electron chi connectivity index (χ0n) is 22.5. The highest BCUT2D eigenvalue weighted by Crippen LogP contribution is 2.46. The molecule has 45 heavy (non-hydrogen) atoms. The number of carbonyl (C=O) groups is 1. The van der Waals surface area contributed by atoms with Gasteiger partial charge in [0.1, 0.15) is 0 Å². The molecule has 0 radical (unpaired) electrons. The van der Waals surface area contributed by atoms with Gasteiger partial charge in [0.2, 0.25) is 17.4 Å². The Hall–Kier alpha value is -5.71. The maximum atomic E-state index is 16.0. The Bertz CT molecular complexity index is 2220. The second-order valence-corrected chi connectivity index (χ2v) is 10.6. The fourth-order valence-corrected chi connectivity index (χ4v) is 5.69. The zero-order chi connectivity index (χ0) is 33.0. The number of carboxylic acid groups (broad SMARTS) is 1. The van der Waals surface area contributed by atoms with Crippen LogP contribution in [0, 0.1) is 33.4 Å². The summed E-state index contributed by atoms with van der Waals surface area (Å²) in [5.74, 6) is -12.1. The number of nitro benzene ring substituents is 1. The fourth-order valence-electron chi connectivity index (χ4n) is 4.59. The van der Waals surface area contributed by atoms with Crippen molar-refractivity contribution in [3.8, 4) is 39.7 Å². The third-order valence-electron chi connectivity index (χ3n) is 6.56. The highest BCUT2D eigenvalue weighted by Gasteiger charge is 2.35. The Labute approximate surface area is 248 Å². The lowest BCUT2D eigenvalue weighted by Gasteiger charge is -2.18. The first-order valence-corrected chi connectivity index (χ1v) is 13.6. The average molecular weight is 649 g/mol. The molecule has 0 saturated carbocycles. The second kappa shape index (κ2) is 11.1. The van der Waals surface area contributed by atoms with Crippen molar-refractivity contribution in [1.82, 2.24) is 0 Å². The van der Waals surface area contributed by atoms with Gasteiger partial charge in [-0.3, -0.25) is 14.9 Å². The highest BCUT2D eigenvalue weighted by molar-refractivity contribution is 7.87. The predicted octanol–water partition coefficient (Wildman–Crippen LogP) is 5.51. The summed E-state index contributed by atoms with van der Waals surface area (Å²) in [5, 5.41) is 20.7. The van der Waals surface area contributed by atoms with E-state index in [1.54, 1.807) is 0 Å². The van der Waals surface area contributed by atoms with E-state index in [2.05, 4.69) is 4.18 Å². The highest BCUT2D eigenvalue weighted by atomic mass is 32.2. The molecule has 17 heteroatoms. The van der Waals surface area contributed by atoms with E-state index in [9.17, 15) is 37.6 Å². The summed E-state index contributed by atoms with van der Waals surface area (Å²) in [6, 6.07) is 7.04. The van der Waals surface area contributed by atoms with Gasteiger partial charge in [-0.05, 0) is 23.8 Å². The molecule has 0 fully saturated rings. The topological polar surface area (TPSA) is 172 Å². The molecule has 1 N–H and O–H groups in total. The normalized spacial score (nSPS) is 11.5. The van der Waals surface area contributed by atoms with Gasteiger partial charge in [-0.1, -0.05) is 18.2 Å². The summed E-state index contributed by atoms with van der Waals surface area (Å²) in [6.07, 6.45) is 0. The molecule has 12 nitrogen and oxygen atoms in total. The van der Waals surface area contributed by atoms with E-state index in [1.165, 1.54) is 12.1 Å². The number of benzene rings is 4. The van der Waals surface area contributed by atoms with E-state index in [-0.39, 0.29) is 17.1 Å². The van der Waals surface area contributed by atoms with E-state index >= 15 is 13.2 Å². The number of methoxy groups -OCH3 is 2. The minimum Gasteiger partial charge on any atom is -0.493 e. The molecule has 0 amide bonds. The number of rotatable bonds is 8. The van der Waals surface area contributed by atoms with Gasteiger partial charge in [0.25, 0.3) is 11.1 Å². The van der Waals surface area contributed by atoms with Gasteiger partial charge < -0.3 is 23.2 Å². The molecule has 0 atom stereocenters. The summed E-state index contributed by atoms with van der Waals surface area (Å²) in [6.45, 7) is 0. The van der Waals surface area contributed by atoms with Crippen molar-refractivity contribution in [3.05, 3.63) is 97.7 Å². The van der Waals surface area contributed by atoms with Crippen molar-refractivity contribution in [2.45, 2.75) is 4.90 Å². The molecule has 0 aromatic heterocycles. The molecule has 0 saturated heterocycles. The molecule has 0 unspecified atom stereocenters. The number of hydrogen-bond acceptors (Lipinski definition) is 10. The summed E-state index contributed by atoms with van der Waals surface area (Å²) in [5.41, 5.74) is -5.94. The number of carboxylic acids is 1. The number of hydrogen-bond donors (Lipinski definition) is 1. The lowest BCUT2D eigenvalue weighted by atomic mass is 9.90. The summed E-state index contributed by atoms with van der Waals surface area (Å²) in [7, 11) is -3.27. The lowest BCUT2D eigenvalue weighted by Crippen LogP contribution is -2.15. The summed E-state index contributed by atoms with van der Waals surface area (Å²) < 4.78 is 107. The fraction of sp³-hybridized carbons (Fsp3) is 0.0714. The van der Waals surface area contributed by atoms with Crippen LogP contribution in [0.4, 0.5) is 23.2 Å². The Morgan fingerprint density at radius 1 is 0.933 bits per heavy atom. The van der Waals surface area contributed by atoms with Crippen LogP contribution in [0.2, 0.25) is 0 Å². The number of nitro groups is 1. The van der Waals surface area contributed by atoms with Gasteiger partial charge in [0, 0.05) is 22.6 Å². The van der Waals surface area contributed by atoms with Crippen LogP contribution >= 0.6 is 0 Å². The van der Waals surface area contributed by atoms with Gasteiger partial charge in [-0.25, -0.2) is 13.6 Å². The van der Waals surface area contributed by atoms with E-state index < -0.39 is 99.5 Å². The number of nitrogens with zero attached hydrogens (tertiary/aromatic N) is 1. The molecule has 3 aromatic rings. The number of ether oxygens (including phenoxy) is 2. The van der Waals surface area contributed by atoms with Crippen molar-refractivity contribution >= 4 is 32.7 Å². The molecular formula is C28H15F4NO11S. The van der Waals surface area contributed by atoms with Crippen LogP contribution in [0.25, 0.3) is 33.4 Å². The maximum Gasteiger partial charge on any atom is 0.346 e. The van der Waals surface area contributed by atoms with Crippen LogP contribution < -0.4 is 19.1 Å².